The number of rotatable bonds is 4. The highest BCUT2D eigenvalue weighted by Gasteiger charge is 2.08. The normalized spacial score (nSPS) is 9.75. The van der Waals surface area contributed by atoms with Crippen LogP contribution in [0.5, 0.6) is 11.5 Å². The largest absolute Gasteiger partial charge is 0.462 e. The molecule has 2 aromatic rings. The third-order valence-electron chi connectivity index (χ3n) is 2.25. The van der Waals surface area contributed by atoms with Gasteiger partial charge < -0.3 is 9.47 Å². The van der Waals surface area contributed by atoms with Crippen LogP contribution in [0.25, 0.3) is 10.8 Å². The maximum atomic E-state index is 5.39. The molecule has 0 unspecified atom stereocenters. The predicted molar refractivity (Wildman–Crippen MR) is 65.6 cm³/mol. The molecule has 0 bridgehead atoms. The lowest BCUT2D eigenvalue weighted by Gasteiger charge is -2.10. The molecule has 0 aliphatic heterocycles. The lowest BCUT2D eigenvalue weighted by atomic mass is 10.1. The average Bonchev–Trinajstić information content (AvgIpc) is 2.32. The Hall–Kier alpha value is -2.22. The van der Waals surface area contributed by atoms with Gasteiger partial charge in [0.05, 0.1) is 12.5 Å². The first-order chi connectivity index (χ1) is 7.86. The summed E-state index contributed by atoms with van der Waals surface area (Å²) in [5.74, 6) is 1.29. The van der Waals surface area contributed by atoms with Gasteiger partial charge in [0.15, 0.2) is 11.5 Å². The van der Waals surface area contributed by atoms with Gasteiger partial charge in [-0.1, -0.05) is 43.5 Å². The van der Waals surface area contributed by atoms with Crippen molar-refractivity contribution in [3.05, 3.63) is 62.1 Å². The summed E-state index contributed by atoms with van der Waals surface area (Å²) in [7, 11) is 0. The van der Waals surface area contributed by atoms with Gasteiger partial charge in [-0.2, -0.15) is 0 Å². The van der Waals surface area contributed by atoms with Crippen molar-refractivity contribution in [2.24, 2.45) is 0 Å². The fourth-order valence-electron chi connectivity index (χ4n) is 1.61. The minimum Gasteiger partial charge on any atom is -0.462 e. The van der Waals surface area contributed by atoms with Gasteiger partial charge >= 0.3 is 0 Å². The van der Waals surface area contributed by atoms with Crippen molar-refractivity contribution in [3.8, 4) is 11.5 Å². The van der Waals surface area contributed by atoms with Crippen LogP contribution in [-0.4, -0.2) is 0 Å². The van der Waals surface area contributed by atoms with Crippen LogP contribution >= 0.6 is 0 Å². The van der Waals surface area contributed by atoms with E-state index < -0.39 is 0 Å². The maximum Gasteiger partial charge on any atom is 0.176 e. The highest BCUT2D eigenvalue weighted by Crippen LogP contribution is 2.35. The molecule has 0 fully saturated rings. The molecule has 0 aliphatic rings. The highest BCUT2D eigenvalue weighted by molar-refractivity contribution is 5.90. The molecule has 2 heteroatoms. The first-order valence-corrected chi connectivity index (χ1v) is 4.93. The molecule has 2 nitrogen and oxygen atoms in total. The summed E-state index contributed by atoms with van der Waals surface area (Å²) >= 11 is 0. The van der Waals surface area contributed by atoms with E-state index in [0.717, 1.165) is 10.8 Å². The molecule has 0 saturated heterocycles. The van der Waals surface area contributed by atoms with Gasteiger partial charge in [-0.3, -0.25) is 0 Å². The number of ether oxygens (including phenoxy) is 2. The van der Waals surface area contributed by atoms with Crippen LogP contribution in [0.4, 0.5) is 0 Å². The molecular weight excluding hydrogens is 200 g/mol. The van der Waals surface area contributed by atoms with Crippen molar-refractivity contribution in [1.82, 2.24) is 0 Å². The fraction of sp³-hybridized carbons (Fsp3) is 0. The molecular formula is C14H12O2. The van der Waals surface area contributed by atoms with Gasteiger partial charge in [-0.05, 0) is 11.5 Å². The summed E-state index contributed by atoms with van der Waals surface area (Å²) in [5.41, 5.74) is 0. The van der Waals surface area contributed by atoms with Crippen molar-refractivity contribution >= 4 is 10.8 Å². The summed E-state index contributed by atoms with van der Waals surface area (Å²) < 4.78 is 10.7. The van der Waals surface area contributed by atoms with E-state index >= 15 is 0 Å². The highest BCUT2D eigenvalue weighted by atomic mass is 16.5. The van der Waals surface area contributed by atoms with E-state index in [1.807, 2.05) is 36.4 Å². The molecule has 0 aromatic heterocycles. The lowest BCUT2D eigenvalue weighted by molar-refractivity contribution is 0.423. The van der Waals surface area contributed by atoms with E-state index in [2.05, 4.69) is 13.2 Å². The van der Waals surface area contributed by atoms with Crippen LogP contribution in [0.15, 0.2) is 62.1 Å². The molecule has 2 rings (SSSR count). The molecule has 0 saturated carbocycles. The zero-order valence-corrected chi connectivity index (χ0v) is 8.85. The third kappa shape index (κ3) is 1.77. The quantitative estimate of drug-likeness (QED) is 0.716. The van der Waals surface area contributed by atoms with E-state index in [1.165, 1.54) is 12.5 Å². The number of hydrogen-bond donors (Lipinski definition) is 0. The zero-order valence-electron chi connectivity index (χ0n) is 8.85. The molecule has 0 aliphatic carbocycles. The molecule has 0 spiro atoms. The first kappa shape index (κ1) is 10.3. The Labute approximate surface area is 94.4 Å². The van der Waals surface area contributed by atoms with Gasteiger partial charge in [-0.15, -0.1) is 0 Å². The van der Waals surface area contributed by atoms with Gasteiger partial charge in [0, 0.05) is 5.39 Å². The molecule has 0 N–H and O–H groups in total. The maximum absolute atomic E-state index is 5.39. The Morgan fingerprint density at radius 1 is 0.875 bits per heavy atom. The van der Waals surface area contributed by atoms with Crippen LogP contribution < -0.4 is 9.47 Å². The van der Waals surface area contributed by atoms with Crippen molar-refractivity contribution in [3.63, 3.8) is 0 Å². The van der Waals surface area contributed by atoms with E-state index in [0.29, 0.717) is 11.5 Å². The molecule has 16 heavy (non-hydrogen) atoms. The van der Waals surface area contributed by atoms with Crippen molar-refractivity contribution in [2.45, 2.75) is 0 Å². The van der Waals surface area contributed by atoms with E-state index in [-0.39, 0.29) is 0 Å². The Bertz CT molecular complexity index is 529. The summed E-state index contributed by atoms with van der Waals surface area (Å²) in [4.78, 5) is 0. The summed E-state index contributed by atoms with van der Waals surface area (Å²) in [5, 5.41) is 2.08. The lowest BCUT2D eigenvalue weighted by Crippen LogP contribution is -1.89. The zero-order chi connectivity index (χ0) is 11.4. The van der Waals surface area contributed by atoms with Crippen LogP contribution in [0.2, 0.25) is 0 Å². The van der Waals surface area contributed by atoms with Crippen LogP contribution in [0.1, 0.15) is 0 Å². The molecule has 2 aromatic carbocycles. The molecule has 0 heterocycles. The third-order valence-corrected chi connectivity index (χ3v) is 2.25. The first-order valence-electron chi connectivity index (χ1n) is 4.93. The number of benzene rings is 2. The minimum absolute atomic E-state index is 0.633. The Kier molecular flexibility index (Phi) is 2.92. The second kappa shape index (κ2) is 4.53. The van der Waals surface area contributed by atoms with E-state index in [9.17, 15) is 0 Å². The van der Waals surface area contributed by atoms with Crippen molar-refractivity contribution in [2.75, 3.05) is 0 Å². The molecule has 0 atom stereocenters. The summed E-state index contributed by atoms with van der Waals surface area (Å²) in [6.45, 7) is 7.09. The van der Waals surface area contributed by atoms with E-state index in [4.69, 9.17) is 9.47 Å². The smallest absolute Gasteiger partial charge is 0.176 e. The summed E-state index contributed by atoms with van der Waals surface area (Å²) in [6.07, 6.45) is 2.76. The monoisotopic (exact) mass is 212 g/mol. The van der Waals surface area contributed by atoms with E-state index in [1.54, 1.807) is 0 Å². The Balaban J connectivity index is 2.67. The van der Waals surface area contributed by atoms with Crippen LogP contribution in [0.3, 0.4) is 0 Å². The summed E-state index contributed by atoms with van der Waals surface area (Å²) in [6, 6.07) is 11.8. The fourth-order valence-corrected chi connectivity index (χ4v) is 1.61. The second-order valence-corrected chi connectivity index (χ2v) is 3.18. The Morgan fingerprint density at radius 3 is 2.38 bits per heavy atom. The second-order valence-electron chi connectivity index (χ2n) is 3.18. The number of fused-ring (bicyclic) bond motifs is 1. The van der Waals surface area contributed by atoms with Crippen LogP contribution in [-0.2, 0) is 0 Å². The van der Waals surface area contributed by atoms with Gasteiger partial charge in [0.2, 0.25) is 0 Å². The molecule has 80 valence electrons. The Morgan fingerprint density at radius 2 is 1.62 bits per heavy atom. The molecule has 0 amide bonds. The van der Waals surface area contributed by atoms with Crippen molar-refractivity contribution < 1.29 is 9.47 Å². The average molecular weight is 212 g/mol. The topological polar surface area (TPSA) is 18.5 Å². The van der Waals surface area contributed by atoms with Crippen molar-refractivity contribution in [1.29, 1.82) is 0 Å². The van der Waals surface area contributed by atoms with Gasteiger partial charge in [0.1, 0.15) is 0 Å². The van der Waals surface area contributed by atoms with Gasteiger partial charge in [0.25, 0.3) is 0 Å². The predicted octanol–water partition coefficient (Wildman–Crippen LogP) is 3.88. The number of hydrogen-bond acceptors (Lipinski definition) is 2. The SMILES string of the molecule is C=COc1ccc2ccccc2c1OC=C. The standard InChI is InChI=1S/C14H12O2/c1-3-15-13-10-9-11-7-5-6-8-12(11)14(13)16-4-2/h3-10H,1-2H2. The van der Waals surface area contributed by atoms with Gasteiger partial charge in [-0.25, -0.2) is 0 Å². The minimum atomic E-state index is 0.633. The van der Waals surface area contributed by atoms with Crippen LogP contribution in [0, 0.1) is 0 Å². The molecule has 0 radical (unpaired) electrons.